The van der Waals surface area contributed by atoms with Crippen LogP contribution >= 0.6 is 11.3 Å². The molecule has 5 heteroatoms. The van der Waals surface area contributed by atoms with Crippen LogP contribution in [0, 0.1) is 0 Å². The molecule has 0 unspecified atom stereocenters. The van der Waals surface area contributed by atoms with Gasteiger partial charge in [0.15, 0.2) is 0 Å². The summed E-state index contributed by atoms with van der Waals surface area (Å²) in [7, 11) is 0. The molecule has 1 saturated heterocycles. The molecule has 1 aliphatic heterocycles. The van der Waals surface area contributed by atoms with E-state index in [4.69, 9.17) is 0 Å². The normalized spacial score (nSPS) is 15.3. The van der Waals surface area contributed by atoms with E-state index in [1.807, 2.05) is 16.8 Å². The van der Waals surface area contributed by atoms with Crippen LogP contribution in [0.25, 0.3) is 0 Å². The molecule has 3 aromatic rings. The highest BCUT2D eigenvalue weighted by atomic mass is 32.1. The summed E-state index contributed by atoms with van der Waals surface area (Å²) in [6.45, 7) is 6.03. The quantitative estimate of drug-likeness (QED) is 0.514. The lowest BCUT2D eigenvalue weighted by atomic mass is 9.96. The zero-order chi connectivity index (χ0) is 21.3. The number of carbonyl (C=O) groups is 1. The Balaban J connectivity index is 1.24. The van der Waals surface area contributed by atoms with Gasteiger partial charge in [-0.1, -0.05) is 60.7 Å². The maximum Gasteiger partial charge on any atom is 0.224 e. The highest BCUT2D eigenvalue weighted by Crippen LogP contribution is 2.29. The zero-order valence-electron chi connectivity index (χ0n) is 18.0. The number of nitrogens with one attached hydrogen (secondary N) is 1. The molecule has 1 fully saturated rings. The number of hydrogen-bond donors (Lipinski definition) is 1. The van der Waals surface area contributed by atoms with Crippen molar-refractivity contribution in [3.8, 4) is 0 Å². The lowest BCUT2D eigenvalue weighted by molar-refractivity contribution is -0.120. The van der Waals surface area contributed by atoms with E-state index in [-0.39, 0.29) is 5.91 Å². The minimum Gasteiger partial charge on any atom is -0.356 e. The molecule has 2 heterocycles. The lowest BCUT2D eigenvalue weighted by Gasteiger charge is -2.39. The van der Waals surface area contributed by atoms with Gasteiger partial charge in [0.25, 0.3) is 0 Å². The van der Waals surface area contributed by atoms with Gasteiger partial charge in [0.05, 0.1) is 12.5 Å². The van der Waals surface area contributed by atoms with Crippen LogP contribution in [0.4, 0.5) is 0 Å². The minimum atomic E-state index is 0.122. The SMILES string of the molecule is O=C(Cc1ccsc1)NCCCN1CCN(C(c2ccccc2)c2ccccc2)CC1. The summed E-state index contributed by atoms with van der Waals surface area (Å²) in [5.41, 5.74) is 3.82. The zero-order valence-corrected chi connectivity index (χ0v) is 18.8. The second-order valence-corrected chi connectivity index (χ2v) is 8.89. The van der Waals surface area contributed by atoms with Gasteiger partial charge in [-0.2, -0.15) is 11.3 Å². The largest absolute Gasteiger partial charge is 0.356 e. The van der Waals surface area contributed by atoms with Crippen molar-refractivity contribution < 1.29 is 4.79 Å². The fourth-order valence-electron chi connectivity index (χ4n) is 4.30. The Bertz CT molecular complexity index is 867. The summed E-state index contributed by atoms with van der Waals surface area (Å²) >= 11 is 1.64. The Morgan fingerprint density at radius 1 is 0.903 bits per heavy atom. The first-order chi connectivity index (χ1) is 15.3. The third kappa shape index (κ3) is 6.26. The fourth-order valence-corrected chi connectivity index (χ4v) is 4.97. The van der Waals surface area contributed by atoms with E-state index in [9.17, 15) is 4.79 Å². The summed E-state index contributed by atoms with van der Waals surface area (Å²) < 4.78 is 0. The smallest absolute Gasteiger partial charge is 0.224 e. The predicted octanol–water partition coefficient (Wildman–Crippen LogP) is 4.20. The maximum absolute atomic E-state index is 12.0. The molecule has 31 heavy (non-hydrogen) atoms. The third-order valence-corrected chi connectivity index (χ3v) is 6.65. The molecule has 4 rings (SSSR count). The standard InChI is InChI=1S/C26H31N3OS/c30-25(20-22-12-19-31-21-22)27-13-7-14-28-15-17-29(18-16-28)26(23-8-3-1-4-9-23)24-10-5-2-6-11-24/h1-6,8-12,19,21,26H,7,13-18,20H2,(H,27,30). The summed E-state index contributed by atoms with van der Waals surface area (Å²) in [6.07, 6.45) is 1.48. The molecule has 1 aromatic heterocycles. The number of amides is 1. The van der Waals surface area contributed by atoms with Gasteiger partial charge in [-0.25, -0.2) is 0 Å². The van der Waals surface area contributed by atoms with Crippen molar-refractivity contribution in [2.75, 3.05) is 39.3 Å². The Kier molecular flexibility index (Phi) is 7.88. The number of hydrogen-bond acceptors (Lipinski definition) is 4. The van der Waals surface area contributed by atoms with Crippen molar-refractivity contribution in [2.24, 2.45) is 0 Å². The molecule has 0 aliphatic carbocycles. The molecule has 1 amide bonds. The molecule has 0 radical (unpaired) electrons. The molecular weight excluding hydrogens is 402 g/mol. The molecule has 1 aliphatic rings. The molecule has 0 spiro atoms. The number of nitrogens with zero attached hydrogens (tertiary/aromatic N) is 2. The minimum absolute atomic E-state index is 0.122. The number of rotatable bonds is 9. The molecule has 162 valence electrons. The summed E-state index contributed by atoms with van der Waals surface area (Å²) in [6, 6.07) is 24.0. The second kappa shape index (κ2) is 11.2. The highest BCUT2D eigenvalue weighted by Gasteiger charge is 2.26. The number of benzene rings is 2. The van der Waals surface area contributed by atoms with E-state index in [0.717, 1.165) is 51.3 Å². The Morgan fingerprint density at radius 2 is 1.55 bits per heavy atom. The number of thiophene rings is 1. The van der Waals surface area contributed by atoms with Gasteiger partial charge < -0.3 is 10.2 Å². The highest BCUT2D eigenvalue weighted by molar-refractivity contribution is 7.08. The van der Waals surface area contributed by atoms with Gasteiger partial charge in [0.1, 0.15) is 0 Å². The van der Waals surface area contributed by atoms with Gasteiger partial charge in [-0.15, -0.1) is 0 Å². The van der Waals surface area contributed by atoms with Crippen LogP contribution in [-0.2, 0) is 11.2 Å². The van der Waals surface area contributed by atoms with Crippen LogP contribution in [0.5, 0.6) is 0 Å². The maximum atomic E-state index is 12.0. The summed E-state index contributed by atoms with van der Waals surface area (Å²) in [4.78, 5) is 17.1. The first kappa shape index (κ1) is 21.8. The van der Waals surface area contributed by atoms with Crippen LogP contribution in [-0.4, -0.2) is 55.0 Å². The van der Waals surface area contributed by atoms with E-state index in [1.165, 1.54) is 11.1 Å². The van der Waals surface area contributed by atoms with Gasteiger partial charge in [-0.05, 0) is 46.5 Å². The average molecular weight is 434 g/mol. The van der Waals surface area contributed by atoms with Gasteiger partial charge in [0.2, 0.25) is 5.91 Å². The molecule has 0 bridgehead atoms. The summed E-state index contributed by atoms with van der Waals surface area (Å²) in [5.74, 6) is 0.122. The Hall–Kier alpha value is -2.47. The molecule has 0 saturated carbocycles. The van der Waals surface area contributed by atoms with Crippen LogP contribution in [0.2, 0.25) is 0 Å². The van der Waals surface area contributed by atoms with E-state index in [1.54, 1.807) is 11.3 Å². The van der Waals surface area contributed by atoms with Gasteiger partial charge in [-0.3, -0.25) is 9.69 Å². The van der Waals surface area contributed by atoms with Crippen molar-refractivity contribution >= 4 is 17.2 Å². The lowest BCUT2D eigenvalue weighted by Crippen LogP contribution is -2.48. The van der Waals surface area contributed by atoms with E-state index >= 15 is 0 Å². The molecule has 0 atom stereocenters. The van der Waals surface area contributed by atoms with Crippen molar-refractivity contribution in [3.63, 3.8) is 0 Å². The molecule has 1 N–H and O–H groups in total. The first-order valence-corrected chi connectivity index (χ1v) is 12.1. The third-order valence-electron chi connectivity index (χ3n) is 5.92. The predicted molar refractivity (Wildman–Crippen MR) is 128 cm³/mol. The van der Waals surface area contributed by atoms with Crippen molar-refractivity contribution in [1.29, 1.82) is 0 Å². The number of carbonyl (C=O) groups excluding carboxylic acids is 1. The van der Waals surface area contributed by atoms with E-state index in [0.29, 0.717) is 12.5 Å². The molecular formula is C26H31N3OS. The van der Waals surface area contributed by atoms with Gasteiger partial charge in [0, 0.05) is 32.7 Å². The van der Waals surface area contributed by atoms with Crippen LogP contribution < -0.4 is 5.32 Å². The average Bonchev–Trinajstić information content (AvgIpc) is 3.32. The monoisotopic (exact) mass is 433 g/mol. The van der Waals surface area contributed by atoms with Gasteiger partial charge >= 0.3 is 0 Å². The summed E-state index contributed by atoms with van der Waals surface area (Å²) in [5, 5.41) is 7.11. The molecule has 2 aromatic carbocycles. The van der Waals surface area contributed by atoms with Crippen LogP contribution in [0.1, 0.15) is 29.2 Å². The van der Waals surface area contributed by atoms with E-state index in [2.05, 4.69) is 75.8 Å². The van der Waals surface area contributed by atoms with Crippen molar-refractivity contribution in [3.05, 3.63) is 94.2 Å². The Morgan fingerprint density at radius 3 is 2.13 bits per heavy atom. The van der Waals surface area contributed by atoms with Crippen LogP contribution in [0.3, 0.4) is 0 Å². The van der Waals surface area contributed by atoms with E-state index < -0.39 is 0 Å². The van der Waals surface area contributed by atoms with Crippen LogP contribution in [0.15, 0.2) is 77.5 Å². The Labute approximate surface area is 189 Å². The first-order valence-electron chi connectivity index (χ1n) is 11.1. The number of piperazine rings is 1. The van der Waals surface area contributed by atoms with Crippen molar-refractivity contribution in [2.45, 2.75) is 18.9 Å². The second-order valence-electron chi connectivity index (χ2n) is 8.11. The van der Waals surface area contributed by atoms with Crippen molar-refractivity contribution in [1.82, 2.24) is 15.1 Å². The topological polar surface area (TPSA) is 35.6 Å². The molecule has 4 nitrogen and oxygen atoms in total. The fraction of sp³-hybridized carbons (Fsp3) is 0.346.